The maximum atomic E-state index is 4.34. The molecule has 4 heteroatoms. The Morgan fingerprint density at radius 2 is 2.06 bits per heavy atom. The van der Waals surface area contributed by atoms with E-state index in [1.807, 2.05) is 11.3 Å². The molecule has 0 bridgehead atoms. The lowest BCUT2D eigenvalue weighted by Crippen LogP contribution is -2.17. The Bertz CT molecular complexity index is 305. The summed E-state index contributed by atoms with van der Waals surface area (Å²) in [6.07, 6.45) is 7.62. The van der Waals surface area contributed by atoms with Crippen molar-refractivity contribution in [2.45, 2.75) is 51.4 Å². The first-order chi connectivity index (χ1) is 7.90. The van der Waals surface area contributed by atoms with E-state index in [0.29, 0.717) is 0 Å². The van der Waals surface area contributed by atoms with E-state index >= 15 is 0 Å². The second-order valence-electron chi connectivity index (χ2n) is 4.52. The zero-order valence-corrected chi connectivity index (χ0v) is 10.9. The lowest BCUT2D eigenvalue weighted by atomic mass is 10.1. The average molecular weight is 239 g/mol. The standard InChI is InChI=1S/C12H21N3S/c1-2-8-13-9-7-11-14-15-12(16-11)10-5-3-4-6-10/h10,13H,2-9H2,1H3. The molecule has 0 aliphatic heterocycles. The van der Waals surface area contributed by atoms with E-state index in [-0.39, 0.29) is 0 Å². The lowest BCUT2D eigenvalue weighted by molar-refractivity contribution is 0.665. The minimum absolute atomic E-state index is 0.717. The number of aromatic nitrogens is 2. The summed E-state index contributed by atoms with van der Waals surface area (Å²) in [5.41, 5.74) is 0. The summed E-state index contributed by atoms with van der Waals surface area (Å²) in [5, 5.41) is 14.5. The number of hydrogen-bond donors (Lipinski definition) is 1. The summed E-state index contributed by atoms with van der Waals surface area (Å²) in [5.74, 6) is 0.717. The van der Waals surface area contributed by atoms with Gasteiger partial charge in [0, 0.05) is 18.9 Å². The van der Waals surface area contributed by atoms with Crippen LogP contribution in [0.1, 0.15) is 55.0 Å². The van der Waals surface area contributed by atoms with Crippen LogP contribution in [0.25, 0.3) is 0 Å². The van der Waals surface area contributed by atoms with Crippen molar-refractivity contribution in [3.8, 4) is 0 Å². The highest BCUT2D eigenvalue weighted by Gasteiger charge is 2.20. The minimum Gasteiger partial charge on any atom is -0.316 e. The highest BCUT2D eigenvalue weighted by Crippen LogP contribution is 2.35. The van der Waals surface area contributed by atoms with Gasteiger partial charge in [0.15, 0.2) is 0 Å². The first kappa shape index (κ1) is 12.0. The van der Waals surface area contributed by atoms with Crippen molar-refractivity contribution >= 4 is 11.3 Å². The van der Waals surface area contributed by atoms with Crippen LogP contribution >= 0.6 is 11.3 Å². The third-order valence-corrected chi connectivity index (χ3v) is 4.27. The topological polar surface area (TPSA) is 37.8 Å². The Morgan fingerprint density at radius 1 is 1.25 bits per heavy atom. The number of hydrogen-bond acceptors (Lipinski definition) is 4. The molecule has 1 aromatic heterocycles. The summed E-state index contributed by atoms with van der Waals surface area (Å²) in [7, 11) is 0. The molecule has 1 fully saturated rings. The molecule has 0 spiro atoms. The van der Waals surface area contributed by atoms with Crippen LogP contribution in [0.5, 0.6) is 0 Å². The van der Waals surface area contributed by atoms with Gasteiger partial charge in [0.05, 0.1) is 0 Å². The molecule has 1 aromatic rings. The van der Waals surface area contributed by atoms with Crippen LogP contribution in [0.15, 0.2) is 0 Å². The van der Waals surface area contributed by atoms with Gasteiger partial charge in [-0.05, 0) is 25.8 Å². The van der Waals surface area contributed by atoms with Crippen LogP contribution in [0.2, 0.25) is 0 Å². The van der Waals surface area contributed by atoms with Gasteiger partial charge >= 0.3 is 0 Å². The largest absolute Gasteiger partial charge is 0.316 e. The average Bonchev–Trinajstić information content (AvgIpc) is 2.94. The van der Waals surface area contributed by atoms with Gasteiger partial charge in [-0.15, -0.1) is 21.5 Å². The maximum Gasteiger partial charge on any atom is 0.120 e. The van der Waals surface area contributed by atoms with Crippen molar-refractivity contribution in [2.24, 2.45) is 0 Å². The fourth-order valence-corrected chi connectivity index (χ4v) is 3.21. The van der Waals surface area contributed by atoms with Crippen LogP contribution in [-0.4, -0.2) is 23.3 Å². The van der Waals surface area contributed by atoms with Crippen LogP contribution < -0.4 is 5.32 Å². The SMILES string of the molecule is CCCNCCc1nnc(C2CCCC2)s1. The molecular formula is C12H21N3S. The Kier molecular flexibility index (Phi) is 4.72. The van der Waals surface area contributed by atoms with E-state index in [2.05, 4.69) is 22.4 Å². The molecule has 0 aromatic carbocycles. The Labute approximate surface area is 102 Å². The molecule has 0 saturated heterocycles. The first-order valence-corrected chi connectivity index (χ1v) is 7.24. The highest BCUT2D eigenvalue weighted by atomic mass is 32.1. The van der Waals surface area contributed by atoms with Gasteiger partial charge in [-0.25, -0.2) is 0 Å². The number of nitrogens with zero attached hydrogens (tertiary/aromatic N) is 2. The molecular weight excluding hydrogens is 218 g/mol. The number of nitrogens with one attached hydrogen (secondary N) is 1. The molecule has 3 nitrogen and oxygen atoms in total. The summed E-state index contributed by atoms with van der Waals surface area (Å²) in [6.45, 7) is 4.33. The van der Waals surface area contributed by atoms with Crippen LogP contribution in [0, 0.1) is 0 Å². The summed E-state index contributed by atoms with van der Waals surface area (Å²) < 4.78 is 0. The Morgan fingerprint density at radius 3 is 2.81 bits per heavy atom. The molecule has 1 heterocycles. The Balaban J connectivity index is 1.77. The van der Waals surface area contributed by atoms with Gasteiger partial charge in [-0.1, -0.05) is 19.8 Å². The van der Waals surface area contributed by atoms with Crippen LogP contribution in [-0.2, 0) is 6.42 Å². The molecule has 16 heavy (non-hydrogen) atoms. The predicted molar refractivity (Wildman–Crippen MR) is 68.0 cm³/mol. The third-order valence-electron chi connectivity index (χ3n) is 3.13. The van der Waals surface area contributed by atoms with E-state index in [1.54, 1.807) is 0 Å². The van der Waals surface area contributed by atoms with Crippen LogP contribution in [0.4, 0.5) is 0 Å². The quantitative estimate of drug-likeness (QED) is 0.776. The van der Waals surface area contributed by atoms with Crippen molar-refractivity contribution in [1.29, 1.82) is 0 Å². The van der Waals surface area contributed by atoms with Gasteiger partial charge in [0.1, 0.15) is 10.0 Å². The van der Waals surface area contributed by atoms with Gasteiger partial charge in [0.2, 0.25) is 0 Å². The van der Waals surface area contributed by atoms with E-state index in [1.165, 1.54) is 42.1 Å². The molecule has 0 atom stereocenters. The molecule has 1 aliphatic rings. The van der Waals surface area contributed by atoms with Gasteiger partial charge in [0.25, 0.3) is 0 Å². The van der Waals surface area contributed by atoms with Gasteiger partial charge in [-0.2, -0.15) is 0 Å². The summed E-state index contributed by atoms with van der Waals surface area (Å²) in [6, 6.07) is 0. The summed E-state index contributed by atoms with van der Waals surface area (Å²) >= 11 is 1.83. The Hall–Kier alpha value is -0.480. The molecule has 1 saturated carbocycles. The molecule has 1 aliphatic carbocycles. The second-order valence-corrected chi connectivity index (χ2v) is 5.61. The van der Waals surface area contributed by atoms with Crippen molar-refractivity contribution in [3.05, 3.63) is 10.0 Å². The van der Waals surface area contributed by atoms with E-state index in [0.717, 1.165) is 25.4 Å². The smallest absolute Gasteiger partial charge is 0.120 e. The van der Waals surface area contributed by atoms with E-state index < -0.39 is 0 Å². The monoisotopic (exact) mass is 239 g/mol. The van der Waals surface area contributed by atoms with Gasteiger partial charge < -0.3 is 5.32 Å². The molecule has 0 amide bonds. The zero-order valence-electron chi connectivity index (χ0n) is 10.0. The zero-order chi connectivity index (χ0) is 11.2. The predicted octanol–water partition coefficient (Wildman–Crippen LogP) is 2.74. The minimum atomic E-state index is 0.717. The molecule has 1 N–H and O–H groups in total. The molecule has 2 rings (SSSR count). The lowest BCUT2D eigenvalue weighted by Gasteiger charge is -2.01. The van der Waals surface area contributed by atoms with E-state index in [9.17, 15) is 0 Å². The molecule has 0 unspecified atom stereocenters. The first-order valence-electron chi connectivity index (χ1n) is 6.43. The second kappa shape index (κ2) is 6.30. The van der Waals surface area contributed by atoms with Crippen molar-refractivity contribution < 1.29 is 0 Å². The maximum absolute atomic E-state index is 4.34. The van der Waals surface area contributed by atoms with Crippen molar-refractivity contribution in [3.63, 3.8) is 0 Å². The van der Waals surface area contributed by atoms with E-state index in [4.69, 9.17) is 0 Å². The van der Waals surface area contributed by atoms with Crippen LogP contribution in [0.3, 0.4) is 0 Å². The highest BCUT2D eigenvalue weighted by molar-refractivity contribution is 7.11. The number of rotatable bonds is 6. The van der Waals surface area contributed by atoms with Crippen molar-refractivity contribution in [1.82, 2.24) is 15.5 Å². The molecule has 0 radical (unpaired) electrons. The normalized spacial score (nSPS) is 17.1. The van der Waals surface area contributed by atoms with Crippen molar-refractivity contribution in [2.75, 3.05) is 13.1 Å². The fraction of sp³-hybridized carbons (Fsp3) is 0.833. The van der Waals surface area contributed by atoms with Gasteiger partial charge in [-0.3, -0.25) is 0 Å². The third kappa shape index (κ3) is 3.25. The summed E-state index contributed by atoms with van der Waals surface area (Å²) in [4.78, 5) is 0. The fourth-order valence-electron chi connectivity index (χ4n) is 2.20. The molecule has 90 valence electrons.